The van der Waals surface area contributed by atoms with Crippen LogP contribution < -0.4 is 16.0 Å². The van der Waals surface area contributed by atoms with E-state index in [2.05, 4.69) is 5.32 Å². The number of anilines is 1. The SMILES string of the molecule is COC1(CN)CC(C(=O)NC2CCCN(c3ccccc3F)C2=O)C1. The zero-order valence-electron chi connectivity index (χ0n) is 14.3. The normalized spacial score (nSPS) is 29.2. The summed E-state index contributed by atoms with van der Waals surface area (Å²) in [6.07, 6.45) is 2.39. The molecule has 1 aliphatic heterocycles. The average Bonchev–Trinajstić information content (AvgIpc) is 2.58. The van der Waals surface area contributed by atoms with Gasteiger partial charge in [-0.3, -0.25) is 9.59 Å². The summed E-state index contributed by atoms with van der Waals surface area (Å²) in [6, 6.07) is 5.58. The number of methoxy groups -OCH3 is 1. The Morgan fingerprint density at radius 3 is 2.80 bits per heavy atom. The van der Waals surface area contributed by atoms with E-state index in [1.807, 2.05) is 0 Å². The molecule has 1 saturated heterocycles. The Kier molecular flexibility index (Phi) is 5.06. The highest BCUT2D eigenvalue weighted by atomic mass is 19.1. The van der Waals surface area contributed by atoms with Crippen LogP contribution in [0, 0.1) is 11.7 Å². The maximum atomic E-state index is 14.0. The van der Waals surface area contributed by atoms with Crippen molar-refractivity contribution in [3.8, 4) is 0 Å². The second kappa shape index (κ2) is 7.09. The molecule has 0 radical (unpaired) electrons. The van der Waals surface area contributed by atoms with Gasteiger partial charge >= 0.3 is 0 Å². The number of amides is 2. The summed E-state index contributed by atoms with van der Waals surface area (Å²) in [6.45, 7) is 0.826. The molecule has 2 amide bonds. The number of para-hydroxylation sites is 1. The van der Waals surface area contributed by atoms with E-state index in [-0.39, 0.29) is 23.4 Å². The third-order valence-corrected chi connectivity index (χ3v) is 5.31. The van der Waals surface area contributed by atoms with Gasteiger partial charge < -0.3 is 20.7 Å². The number of rotatable bonds is 5. The van der Waals surface area contributed by atoms with Crippen LogP contribution in [0.15, 0.2) is 24.3 Å². The molecule has 1 aromatic carbocycles. The Morgan fingerprint density at radius 1 is 1.44 bits per heavy atom. The molecule has 0 spiro atoms. The molecule has 0 aromatic heterocycles. The summed E-state index contributed by atoms with van der Waals surface area (Å²) >= 11 is 0. The topological polar surface area (TPSA) is 84.7 Å². The highest BCUT2D eigenvalue weighted by molar-refractivity contribution is 6.00. The van der Waals surface area contributed by atoms with Crippen LogP contribution >= 0.6 is 0 Å². The number of nitrogens with one attached hydrogen (secondary N) is 1. The smallest absolute Gasteiger partial charge is 0.249 e. The van der Waals surface area contributed by atoms with Gasteiger partial charge in [0.25, 0.3) is 0 Å². The highest BCUT2D eigenvalue weighted by Crippen LogP contribution is 2.40. The van der Waals surface area contributed by atoms with Crippen LogP contribution in [0.3, 0.4) is 0 Å². The average molecular weight is 349 g/mol. The van der Waals surface area contributed by atoms with Crippen molar-refractivity contribution in [1.82, 2.24) is 5.32 Å². The number of nitrogens with two attached hydrogens (primary N) is 1. The van der Waals surface area contributed by atoms with Crippen molar-refractivity contribution in [1.29, 1.82) is 0 Å². The molecule has 1 aromatic rings. The number of hydrogen-bond acceptors (Lipinski definition) is 4. The molecule has 136 valence electrons. The predicted molar refractivity (Wildman–Crippen MR) is 91.4 cm³/mol. The molecule has 1 unspecified atom stereocenters. The summed E-state index contributed by atoms with van der Waals surface area (Å²) in [4.78, 5) is 26.5. The first-order valence-electron chi connectivity index (χ1n) is 8.61. The van der Waals surface area contributed by atoms with Gasteiger partial charge in [0.1, 0.15) is 11.9 Å². The quantitative estimate of drug-likeness (QED) is 0.836. The van der Waals surface area contributed by atoms with E-state index in [1.54, 1.807) is 25.3 Å². The van der Waals surface area contributed by atoms with E-state index >= 15 is 0 Å². The number of hydrogen-bond donors (Lipinski definition) is 2. The minimum atomic E-state index is -0.615. The molecule has 7 heteroatoms. The summed E-state index contributed by atoms with van der Waals surface area (Å²) in [5.74, 6) is -1.05. The van der Waals surface area contributed by atoms with Crippen LogP contribution in [0.2, 0.25) is 0 Å². The predicted octanol–water partition coefficient (Wildman–Crippen LogP) is 1.19. The van der Waals surface area contributed by atoms with E-state index in [0.29, 0.717) is 38.8 Å². The number of benzene rings is 1. The Morgan fingerprint density at radius 2 is 2.16 bits per heavy atom. The molecule has 3 N–H and O–H groups in total. The van der Waals surface area contributed by atoms with Crippen LogP contribution in [0.25, 0.3) is 0 Å². The van der Waals surface area contributed by atoms with Crippen molar-refractivity contribution in [2.24, 2.45) is 11.7 Å². The summed E-state index contributed by atoms with van der Waals surface area (Å²) in [7, 11) is 1.60. The lowest BCUT2D eigenvalue weighted by Crippen LogP contribution is -2.59. The van der Waals surface area contributed by atoms with E-state index in [9.17, 15) is 14.0 Å². The Hall–Kier alpha value is -1.99. The number of carbonyl (C=O) groups is 2. The Balaban J connectivity index is 1.63. The molecular formula is C18H24FN3O3. The molecule has 6 nitrogen and oxygen atoms in total. The molecule has 0 bridgehead atoms. The van der Waals surface area contributed by atoms with Gasteiger partial charge in [0.2, 0.25) is 11.8 Å². The lowest BCUT2D eigenvalue weighted by molar-refractivity contribution is -0.147. The molecule has 2 fully saturated rings. The van der Waals surface area contributed by atoms with Gasteiger partial charge in [-0.15, -0.1) is 0 Å². The summed E-state index contributed by atoms with van der Waals surface area (Å²) in [5, 5.41) is 2.83. The number of carbonyl (C=O) groups excluding carboxylic acids is 2. The Labute approximate surface area is 146 Å². The molecule has 25 heavy (non-hydrogen) atoms. The van der Waals surface area contributed by atoms with Crippen molar-refractivity contribution < 1.29 is 18.7 Å². The monoisotopic (exact) mass is 349 g/mol. The molecular weight excluding hydrogens is 325 g/mol. The maximum Gasteiger partial charge on any atom is 0.249 e. The van der Waals surface area contributed by atoms with Gasteiger partial charge in [-0.05, 0) is 37.8 Å². The molecule has 1 atom stereocenters. The minimum Gasteiger partial charge on any atom is -0.377 e. The number of halogens is 1. The van der Waals surface area contributed by atoms with Crippen molar-refractivity contribution in [3.05, 3.63) is 30.1 Å². The third-order valence-electron chi connectivity index (χ3n) is 5.31. The van der Waals surface area contributed by atoms with Gasteiger partial charge in [0.15, 0.2) is 0 Å². The first kappa shape index (κ1) is 17.8. The van der Waals surface area contributed by atoms with E-state index in [0.717, 1.165) is 0 Å². The molecule has 3 rings (SSSR count). The summed E-state index contributed by atoms with van der Waals surface area (Å²) in [5.41, 5.74) is 5.53. The fraction of sp³-hybridized carbons (Fsp3) is 0.556. The lowest BCUT2D eigenvalue weighted by atomic mass is 9.70. The van der Waals surface area contributed by atoms with Gasteiger partial charge in [-0.25, -0.2) is 4.39 Å². The van der Waals surface area contributed by atoms with Crippen molar-refractivity contribution >= 4 is 17.5 Å². The van der Waals surface area contributed by atoms with Crippen molar-refractivity contribution in [2.45, 2.75) is 37.3 Å². The fourth-order valence-electron chi connectivity index (χ4n) is 3.65. The first-order chi connectivity index (χ1) is 12.0. The van der Waals surface area contributed by atoms with E-state index in [1.165, 1.54) is 11.0 Å². The largest absolute Gasteiger partial charge is 0.377 e. The molecule has 1 heterocycles. The van der Waals surface area contributed by atoms with Crippen LogP contribution in [0.5, 0.6) is 0 Å². The van der Waals surface area contributed by atoms with Gasteiger partial charge in [0, 0.05) is 26.1 Å². The maximum absolute atomic E-state index is 14.0. The second-order valence-corrected chi connectivity index (χ2v) is 6.84. The standard InChI is InChI=1S/C18H24FN3O3/c1-25-18(11-20)9-12(10-18)16(23)21-14-6-4-8-22(17(14)24)15-7-3-2-5-13(15)19/h2-3,5,7,12,14H,4,6,8-11,20H2,1H3,(H,21,23). The van der Waals surface area contributed by atoms with Crippen LogP contribution in [-0.2, 0) is 14.3 Å². The van der Waals surface area contributed by atoms with E-state index in [4.69, 9.17) is 10.5 Å². The van der Waals surface area contributed by atoms with Crippen LogP contribution in [0.4, 0.5) is 10.1 Å². The number of piperidine rings is 1. The van der Waals surface area contributed by atoms with Gasteiger partial charge in [-0.2, -0.15) is 0 Å². The van der Waals surface area contributed by atoms with Crippen LogP contribution in [-0.4, -0.2) is 43.7 Å². The van der Waals surface area contributed by atoms with Crippen molar-refractivity contribution in [2.75, 3.05) is 25.1 Å². The molecule has 1 aliphatic carbocycles. The fourth-order valence-corrected chi connectivity index (χ4v) is 3.65. The van der Waals surface area contributed by atoms with Gasteiger partial charge in [-0.1, -0.05) is 12.1 Å². The molecule has 1 saturated carbocycles. The number of ether oxygens (including phenoxy) is 1. The second-order valence-electron chi connectivity index (χ2n) is 6.84. The lowest BCUT2D eigenvalue weighted by Gasteiger charge is -2.45. The van der Waals surface area contributed by atoms with Gasteiger partial charge in [0.05, 0.1) is 11.3 Å². The third kappa shape index (κ3) is 3.39. The number of nitrogens with zero attached hydrogens (tertiary/aromatic N) is 1. The first-order valence-corrected chi connectivity index (χ1v) is 8.61. The zero-order valence-corrected chi connectivity index (χ0v) is 14.3. The van der Waals surface area contributed by atoms with E-state index < -0.39 is 17.5 Å². The Bertz CT molecular complexity index is 655. The molecule has 2 aliphatic rings. The minimum absolute atomic E-state index is 0.158. The summed E-state index contributed by atoms with van der Waals surface area (Å²) < 4.78 is 19.4. The van der Waals surface area contributed by atoms with Crippen molar-refractivity contribution in [3.63, 3.8) is 0 Å². The zero-order chi connectivity index (χ0) is 18.0. The highest BCUT2D eigenvalue weighted by Gasteiger charge is 2.47. The van der Waals surface area contributed by atoms with Crippen LogP contribution in [0.1, 0.15) is 25.7 Å².